The molecule has 14 fully saturated rings. The summed E-state index contributed by atoms with van der Waals surface area (Å²) in [5.74, 6) is -2.98. The Balaban J connectivity index is 0.682. The van der Waals surface area contributed by atoms with E-state index in [4.69, 9.17) is 66.3 Å². The van der Waals surface area contributed by atoms with Crippen LogP contribution in [0, 0.1) is 23.7 Å². The Labute approximate surface area is 464 Å². The van der Waals surface area contributed by atoms with Gasteiger partial charge in [0.15, 0.2) is 17.4 Å². The van der Waals surface area contributed by atoms with Crippen LogP contribution in [0.1, 0.15) is 150 Å². The Bertz CT molecular complexity index is 2290. The van der Waals surface area contributed by atoms with E-state index >= 15 is 0 Å². The maximum absolute atomic E-state index is 14.5. The SMILES string of the molecule is C=C1C[C@@H]2CCC34C[C@H](O)[C@@H](O3)[C@H]3C[C@@H](O4)[C@H]4O[C@H](CCC4O3)CC(=O)O[C@H]3C(C[C@H]4O[C@@H](CCC1O2)C[C@@H](C)C4=C)O[C@H]1C[C@H]2O[C@@]4(CC5O[C@]6(C[C@H](C)C7O[C@H](C(O)CC(O)CO)CC7O6)C[C@H](C)C5O4)C[C@H]2O[C@H]1[C@@H]3C. The summed E-state index contributed by atoms with van der Waals surface area (Å²) in [5.41, 5.74) is 2.11. The summed E-state index contributed by atoms with van der Waals surface area (Å²) in [4.78, 5) is 14.5. The second-order valence-corrected chi connectivity index (χ2v) is 27.4. The van der Waals surface area contributed by atoms with Crippen molar-refractivity contribution in [2.75, 3.05) is 6.61 Å². The van der Waals surface area contributed by atoms with E-state index < -0.39 is 78.9 Å². The van der Waals surface area contributed by atoms with Crippen LogP contribution >= 0.6 is 0 Å². The van der Waals surface area contributed by atoms with Crippen molar-refractivity contribution < 1.29 is 91.5 Å². The Morgan fingerprint density at radius 3 is 2.03 bits per heavy atom. The molecule has 4 N–H and O–H groups in total. The molecule has 14 aliphatic heterocycles. The molecule has 14 aliphatic rings. The molecule has 19 heteroatoms. The van der Waals surface area contributed by atoms with Crippen molar-refractivity contribution in [3.63, 3.8) is 0 Å². The van der Waals surface area contributed by atoms with Gasteiger partial charge in [-0.15, -0.1) is 0 Å². The van der Waals surface area contributed by atoms with Crippen LogP contribution < -0.4 is 0 Å². The van der Waals surface area contributed by atoms with Gasteiger partial charge in [0.05, 0.1) is 141 Å². The molecule has 0 aromatic carbocycles. The zero-order chi connectivity index (χ0) is 54.4. The number of hydrogen-bond acceptors (Lipinski definition) is 19. The third-order valence-corrected chi connectivity index (χ3v) is 21.6. The van der Waals surface area contributed by atoms with Gasteiger partial charge in [-0.05, 0) is 73.8 Å². The zero-order valence-electron chi connectivity index (χ0n) is 46.6. The first-order valence-corrected chi connectivity index (χ1v) is 30.8. The Hall–Kier alpha value is -1.73. The van der Waals surface area contributed by atoms with E-state index in [1.54, 1.807) is 0 Å². The number of esters is 1. The van der Waals surface area contributed by atoms with Gasteiger partial charge in [-0.1, -0.05) is 40.9 Å². The van der Waals surface area contributed by atoms with E-state index in [-0.39, 0.29) is 134 Å². The number of ether oxygens (including phenoxy) is 14. The molecule has 14 rings (SSSR count). The van der Waals surface area contributed by atoms with Gasteiger partial charge in [0.25, 0.3) is 0 Å². The highest BCUT2D eigenvalue weighted by atomic mass is 16.8. The third kappa shape index (κ3) is 10.2. The van der Waals surface area contributed by atoms with Crippen LogP contribution in [-0.4, -0.2) is 197 Å². The zero-order valence-corrected chi connectivity index (χ0v) is 46.6. The molecule has 0 saturated carbocycles. The molecular formula is C60H88O19. The summed E-state index contributed by atoms with van der Waals surface area (Å²) >= 11 is 0. The number of fused-ring (bicyclic) bond motifs is 13. The van der Waals surface area contributed by atoms with E-state index in [2.05, 4.69) is 40.9 Å². The third-order valence-electron chi connectivity index (χ3n) is 21.6. The second-order valence-electron chi connectivity index (χ2n) is 27.4. The molecule has 14 saturated heterocycles. The van der Waals surface area contributed by atoms with E-state index in [0.29, 0.717) is 83.5 Å². The molecule has 79 heavy (non-hydrogen) atoms. The van der Waals surface area contributed by atoms with Crippen LogP contribution in [0.4, 0.5) is 0 Å². The smallest absolute Gasteiger partial charge is 0.308 e. The van der Waals surface area contributed by atoms with Crippen molar-refractivity contribution in [1.82, 2.24) is 0 Å². The Morgan fingerprint density at radius 1 is 0.532 bits per heavy atom. The fourth-order valence-electron chi connectivity index (χ4n) is 17.7. The van der Waals surface area contributed by atoms with Gasteiger partial charge >= 0.3 is 5.97 Å². The molecule has 10 unspecified atom stereocenters. The van der Waals surface area contributed by atoms with Crippen LogP contribution in [0.25, 0.3) is 0 Å². The first kappa shape index (κ1) is 55.2. The number of rotatable bonds is 4. The summed E-state index contributed by atoms with van der Waals surface area (Å²) in [5, 5.41) is 41.7. The summed E-state index contributed by atoms with van der Waals surface area (Å²) < 4.78 is 96.3. The van der Waals surface area contributed by atoms with Crippen molar-refractivity contribution in [2.45, 2.75) is 314 Å². The monoisotopic (exact) mass is 1110 g/mol. The number of carbonyl (C=O) groups is 1. The number of carbonyl (C=O) groups excluding carboxylic acids is 1. The Morgan fingerprint density at radius 2 is 1.19 bits per heavy atom. The number of aliphatic hydroxyl groups excluding tert-OH is 4. The maximum atomic E-state index is 14.5. The average Bonchev–Trinajstić information content (AvgIpc) is 4.38. The van der Waals surface area contributed by atoms with Gasteiger partial charge in [0, 0.05) is 76.5 Å². The molecule has 0 radical (unpaired) electrons. The van der Waals surface area contributed by atoms with Gasteiger partial charge in [-0.2, -0.15) is 0 Å². The highest BCUT2D eigenvalue weighted by molar-refractivity contribution is 5.70. The largest absolute Gasteiger partial charge is 0.459 e. The first-order chi connectivity index (χ1) is 37.9. The minimum atomic E-state index is -1.02. The highest BCUT2D eigenvalue weighted by Gasteiger charge is 2.66. The van der Waals surface area contributed by atoms with E-state index in [1.807, 2.05) is 0 Å². The maximum Gasteiger partial charge on any atom is 0.308 e. The first-order valence-electron chi connectivity index (χ1n) is 30.8. The van der Waals surface area contributed by atoms with E-state index in [9.17, 15) is 25.2 Å². The molecule has 19 nitrogen and oxygen atoms in total. The fraction of sp³-hybridized carbons (Fsp3) is 0.917. The minimum Gasteiger partial charge on any atom is -0.459 e. The molecule has 0 aromatic rings. The van der Waals surface area contributed by atoms with Crippen molar-refractivity contribution in [2.24, 2.45) is 23.7 Å². The van der Waals surface area contributed by atoms with Crippen molar-refractivity contribution in [1.29, 1.82) is 0 Å². The van der Waals surface area contributed by atoms with Crippen LogP contribution in [0.2, 0.25) is 0 Å². The van der Waals surface area contributed by atoms with Crippen molar-refractivity contribution in [3.8, 4) is 0 Å². The molecule has 3 spiro atoms. The molecule has 14 heterocycles. The van der Waals surface area contributed by atoms with Crippen molar-refractivity contribution in [3.05, 3.63) is 24.3 Å². The fourth-order valence-corrected chi connectivity index (χ4v) is 17.7. The summed E-state index contributed by atoms with van der Waals surface area (Å²) in [6.45, 7) is 17.3. The van der Waals surface area contributed by atoms with Crippen molar-refractivity contribution >= 4 is 5.97 Å². The van der Waals surface area contributed by atoms with Crippen LogP contribution in [0.15, 0.2) is 24.3 Å². The lowest BCUT2D eigenvalue weighted by Gasteiger charge is -2.50. The Kier molecular flexibility index (Phi) is 14.7. The molecule has 442 valence electrons. The van der Waals surface area contributed by atoms with Gasteiger partial charge in [-0.3, -0.25) is 4.79 Å². The lowest BCUT2D eigenvalue weighted by atomic mass is 9.79. The second kappa shape index (κ2) is 21.1. The highest BCUT2D eigenvalue weighted by Crippen LogP contribution is 2.57. The molecule has 0 amide bonds. The lowest BCUT2D eigenvalue weighted by Crippen LogP contribution is -2.61. The quantitative estimate of drug-likeness (QED) is 0.217. The van der Waals surface area contributed by atoms with Gasteiger partial charge in [0.2, 0.25) is 0 Å². The summed E-state index contributed by atoms with van der Waals surface area (Å²) in [7, 11) is 0. The molecule has 10 bridgehead atoms. The van der Waals surface area contributed by atoms with Gasteiger partial charge in [-0.25, -0.2) is 0 Å². The predicted octanol–water partition coefficient (Wildman–Crippen LogP) is 4.91. The van der Waals surface area contributed by atoms with E-state index in [0.717, 1.165) is 36.8 Å². The average molecular weight is 1110 g/mol. The normalized spacial score (nSPS) is 55.9. The van der Waals surface area contributed by atoms with Crippen LogP contribution in [0.5, 0.6) is 0 Å². The van der Waals surface area contributed by atoms with Gasteiger partial charge < -0.3 is 86.7 Å². The number of hydrogen-bond donors (Lipinski definition) is 4. The summed E-state index contributed by atoms with van der Waals surface area (Å²) in [6, 6.07) is 0. The van der Waals surface area contributed by atoms with E-state index in [1.165, 1.54) is 0 Å². The molecule has 0 aliphatic carbocycles. The standard InChI is InChI=1S/C60H88O19/c1-27-13-34-7-9-39-28(2)14-36(66-39)11-12-58-23-38(64)56(79-58)46-20-48(75-58)57-40(69-46)10-8-35(68-57)16-51(65)73-55-32(6)54-45(70-44(55)17-41(67-34)31(27)5)19-43-49(72-54)24-60(74-43)25-50-53(78-60)30(4)22-59(77-50)21-29(3)52-47(76-59)18-42(71-52)37(63)15-33(62)26-61/h27,29-30,32-50,52-57,61-64H,2,5,7-26H2,1,3-4,6H3/t27-,29+,30+,32+,33?,34+,35-,36+,37?,38+,39?,40?,41-,42+,43-,44?,45+,46-,47?,48-,49-,50?,52?,53?,54+,55-,56-,57+,58?,59-,60+/m1/s1. The minimum absolute atomic E-state index is 0.0291. The lowest BCUT2D eigenvalue weighted by molar-refractivity contribution is -0.347. The summed E-state index contributed by atoms with van der Waals surface area (Å²) in [6.07, 6.45) is 1.18. The van der Waals surface area contributed by atoms with Crippen LogP contribution in [-0.2, 0) is 71.1 Å². The van der Waals surface area contributed by atoms with Gasteiger partial charge in [0.1, 0.15) is 18.3 Å². The van der Waals surface area contributed by atoms with Crippen LogP contribution in [0.3, 0.4) is 0 Å². The molecule has 0 aromatic heterocycles. The molecule has 31 atom stereocenters. The number of aliphatic hydroxyl groups is 4. The molecular weight excluding hydrogens is 1020 g/mol. The predicted molar refractivity (Wildman–Crippen MR) is 276 cm³/mol. The topological polar surface area (TPSA) is 227 Å².